The average Bonchev–Trinajstić information content (AvgIpc) is 2.78. The number of ether oxygens (including phenoxy) is 2. The molecule has 1 aliphatic rings. The van der Waals surface area contributed by atoms with Crippen LogP contribution in [-0.4, -0.2) is 32.7 Å². The smallest absolute Gasteiger partial charge is 0.182 e. The molecule has 116 valence electrons. The lowest BCUT2D eigenvalue weighted by molar-refractivity contribution is -0.134. The zero-order valence-corrected chi connectivity index (χ0v) is 13.7. The van der Waals surface area contributed by atoms with Gasteiger partial charge in [0, 0.05) is 0 Å². The minimum atomic E-state index is -3.32. The number of sulfone groups is 1. The molecule has 0 amide bonds. The molecule has 1 fully saturated rings. The summed E-state index contributed by atoms with van der Waals surface area (Å²) in [6, 6.07) is 8.51. The van der Waals surface area contributed by atoms with Gasteiger partial charge in [-0.25, -0.2) is 8.42 Å². The second-order valence-corrected chi connectivity index (χ2v) is 7.84. The highest BCUT2D eigenvalue weighted by atomic mass is 32.2. The van der Waals surface area contributed by atoms with Gasteiger partial charge in [-0.2, -0.15) is 0 Å². The Labute approximate surface area is 126 Å². The molecule has 0 saturated carbocycles. The van der Waals surface area contributed by atoms with Crippen LogP contribution in [0.5, 0.6) is 0 Å². The Morgan fingerprint density at radius 2 is 1.86 bits per heavy atom. The topological polar surface area (TPSA) is 52.6 Å². The fourth-order valence-corrected chi connectivity index (χ4v) is 3.82. The van der Waals surface area contributed by atoms with Crippen LogP contribution in [0.25, 0.3) is 0 Å². The van der Waals surface area contributed by atoms with Gasteiger partial charge in [0.2, 0.25) is 0 Å². The third-order valence-electron chi connectivity index (χ3n) is 3.67. The molecule has 1 aromatic carbocycles. The van der Waals surface area contributed by atoms with E-state index in [1.54, 1.807) is 30.3 Å². The standard InChI is InChI=1S/C16H22O4S/c1-12(13(2)15-10-19-16(3,4)20-15)11-21(17,18)14-8-6-5-7-9-14/h5-9,15H,10-11H2,1-4H3/b13-12+/t15-/m1/s1. The minimum absolute atomic E-state index is 0.00311. The van der Waals surface area contributed by atoms with Crippen molar-refractivity contribution in [2.45, 2.75) is 44.5 Å². The molecule has 5 heteroatoms. The highest BCUT2D eigenvalue weighted by molar-refractivity contribution is 7.91. The van der Waals surface area contributed by atoms with E-state index in [1.807, 2.05) is 27.7 Å². The Hall–Kier alpha value is -1.17. The monoisotopic (exact) mass is 310 g/mol. The predicted octanol–water partition coefficient (Wildman–Crippen LogP) is 2.95. The van der Waals surface area contributed by atoms with Crippen molar-refractivity contribution in [3.63, 3.8) is 0 Å². The van der Waals surface area contributed by atoms with Gasteiger partial charge in [-0.1, -0.05) is 23.8 Å². The Morgan fingerprint density at radius 1 is 1.24 bits per heavy atom. The van der Waals surface area contributed by atoms with Gasteiger partial charge >= 0.3 is 0 Å². The van der Waals surface area contributed by atoms with Gasteiger partial charge in [-0.15, -0.1) is 0 Å². The molecule has 0 bridgehead atoms. The molecule has 1 atom stereocenters. The van der Waals surface area contributed by atoms with E-state index in [-0.39, 0.29) is 11.9 Å². The molecule has 0 radical (unpaired) electrons. The Balaban J connectivity index is 2.17. The lowest BCUT2D eigenvalue weighted by Gasteiger charge is -2.18. The number of hydrogen-bond acceptors (Lipinski definition) is 4. The fourth-order valence-electron chi connectivity index (χ4n) is 2.29. The highest BCUT2D eigenvalue weighted by Gasteiger charge is 2.34. The maximum atomic E-state index is 12.4. The summed E-state index contributed by atoms with van der Waals surface area (Å²) in [4.78, 5) is 0.348. The summed E-state index contributed by atoms with van der Waals surface area (Å²) >= 11 is 0. The maximum absolute atomic E-state index is 12.4. The van der Waals surface area contributed by atoms with Crippen LogP contribution in [0.1, 0.15) is 27.7 Å². The summed E-state index contributed by atoms with van der Waals surface area (Å²) in [6.45, 7) is 7.92. The zero-order chi connectivity index (χ0) is 15.7. The second kappa shape index (κ2) is 5.91. The molecule has 0 aromatic heterocycles. The quantitative estimate of drug-likeness (QED) is 0.802. The van der Waals surface area contributed by atoms with Gasteiger partial charge in [0.25, 0.3) is 0 Å². The average molecular weight is 310 g/mol. The second-order valence-electron chi connectivity index (χ2n) is 5.85. The van der Waals surface area contributed by atoms with Crippen LogP contribution >= 0.6 is 0 Å². The summed E-state index contributed by atoms with van der Waals surface area (Å²) in [5.74, 6) is -0.604. The molecule has 1 aromatic rings. The number of hydrogen-bond donors (Lipinski definition) is 0. The van der Waals surface area contributed by atoms with Crippen molar-refractivity contribution in [3.05, 3.63) is 41.5 Å². The Morgan fingerprint density at radius 3 is 2.38 bits per heavy atom. The Bertz CT molecular complexity index is 630. The highest BCUT2D eigenvalue weighted by Crippen LogP contribution is 2.28. The van der Waals surface area contributed by atoms with Crippen molar-refractivity contribution in [1.82, 2.24) is 0 Å². The van der Waals surface area contributed by atoms with Crippen molar-refractivity contribution < 1.29 is 17.9 Å². The van der Waals surface area contributed by atoms with Crippen molar-refractivity contribution in [3.8, 4) is 0 Å². The zero-order valence-electron chi connectivity index (χ0n) is 12.9. The molecule has 0 N–H and O–H groups in total. The minimum Gasteiger partial charge on any atom is -0.347 e. The third-order valence-corrected chi connectivity index (χ3v) is 5.48. The van der Waals surface area contributed by atoms with Crippen LogP contribution in [0.2, 0.25) is 0 Å². The van der Waals surface area contributed by atoms with Crippen LogP contribution < -0.4 is 0 Å². The van der Waals surface area contributed by atoms with Crippen LogP contribution in [0.15, 0.2) is 46.4 Å². The van der Waals surface area contributed by atoms with E-state index in [1.165, 1.54) is 0 Å². The van der Waals surface area contributed by atoms with E-state index >= 15 is 0 Å². The largest absolute Gasteiger partial charge is 0.347 e. The van der Waals surface area contributed by atoms with E-state index in [9.17, 15) is 8.42 Å². The lowest BCUT2D eigenvalue weighted by atomic mass is 10.1. The van der Waals surface area contributed by atoms with Gasteiger partial charge < -0.3 is 9.47 Å². The first-order valence-electron chi connectivity index (χ1n) is 6.97. The molecular formula is C16H22O4S. The van der Waals surface area contributed by atoms with Crippen molar-refractivity contribution >= 4 is 9.84 Å². The van der Waals surface area contributed by atoms with E-state index in [0.29, 0.717) is 11.5 Å². The Kier molecular flexibility index (Phi) is 4.56. The fraction of sp³-hybridized carbons (Fsp3) is 0.500. The molecular weight excluding hydrogens is 288 g/mol. The molecule has 2 rings (SSSR count). The van der Waals surface area contributed by atoms with E-state index in [4.69, 9.17) is 9.47 Å². The van der Waals surface area contributed by atoms with Crippen molar-refractivity contribution in [1.29, 1.82) is 0 Å². The van der Waals surface area contributed by atoms with Gasteiger partial charge in [-0.3, -0.25) is 0 Å². The van der Waals surface area contributed by atoms with E-state index in [2.05, 4.69) is 0 Å². The molecule has 0 aliphatic carbocycles. The van der Waals surface area contributed by atoms with Crippen molar-refractivity contribution in [2.75, 3.05) is 12.4 Å². The molecule has 21 heavy (non-hydrogen) atoms. The van der Waals surface area contributed by atoms with E-state index in [0.717, 1.165) is 11.1 Å². The molecule has 0 unspecified atom stereocenters. The first-order chi connectivity index (χ1) is 9.71. The summed E-state index contributed by atoms with van der Waals surface area (Å²) in [5, 5.41) is 0. The summed E-state index contributed by atoms with van der Waals surface area (Å²) < 4.78 is 36.1. The number of benzene rings is 1. The van der Waals surface area contributed by atoms with Gasteiger partial charge in [0.15, 0.2) is 15.6 Å². The lowest BCUT2D eigenvalue weighted by Crippen LogP contribution is -2.22. The summed E-state index contributed by atoms with van der Waals surface area (Å²) in [7, 11) is -3.32. The first-order valence-corrected chi connectivity index (χ1v) is 8.62. The van der Waals surface area contributed by atoms with E-state index < -0.39 is 15.6 Å². The van der Waals surface area contributed by atoms with Gasteiger partial charge in [-0.05, 0) is 45.4 Å². The maximum Gasteiger partial charge on any atom is 0.182 e. The van der Waals surface area contributed by atoms with Crippen LogP contribution in [0.4, 0.5) is 0 Å². The third kappa shape index (κ3) is 3.93. The van der Waals surface area contributed by atoms with Crippen LogP contribution in [-0.2, 0) is 19.3 Å². The molecule has 1 aliphatic heterocycles. The first kappa shape index (κ1) is 16.2. The molecule has 0 spiro atoms. The van der Waals surface area contributed by atoms with Crippen molar-refractivity contribution in [2.24, 2.45) is 0 Å². The predicted molar refractivity (Wildman–Crippen MR) is 81.8 cm³/mol. The molecule has 1 heterocycles. The van der Waals surface area contributed by atoms with Gasteiger partial charge in [0.05, 0.1) is 17.3 Å². The molecule has 4 nitrogen and oxygen atoms in total. The van der Waals surface area contributed by atoms with Crippen LogP contribution in [0.3, 0.4) is 0 Å². The molecule has 1 saturated heterocycles. The SMILES string of the molecule is C/C(CS(=O)(=O)c1ccccc1)=C(/C)[C@H]1COC(C)(C)O1. The summed E-state index contributed by atoms with van der Waals surface area (Å²) in [5.41, 5.74) is 1.74. The normalized spacial score (nSPS) is 23.0. The number of rotatable bonds is 4. The van der Waals surface area contributed by atoms with Crippen LogP contribution in [0, 0.1) is 0 Å². The summed E-state index contributed by atoms with van der Waals surface area (Å²) in [6.07, 6.45) is -0.175. The van der Waals surface area contributed by atoms with Gasteiger partial charge in [0.1, 0.15) is 6.10 Å².